The lowest BCUT2D eigenvalue weighted by atomic mass is 9.86. The van der Waals surface area contributed by atoms with Gasteiger partial charge in [-0.05, 0) is 46.2 Å². The summed E-state index contributed by atoms with van der Waals surface area (Å²) in [7, 11) is 0. The Labute approximate surface area is 204 Å². The van der Waals surface area contributed by atoms with Gasteiger partial charge in [0, 0.05) is 34.4 Å². The first-order valence-electron chi connectivity index (χ1n) is 12.0. The molecule has 1 aliphatic heterocycles. The van der Waals surface area contributed by atoms with E-state index in [2.05, 4.69) is 73.0 Å². The van der Waals surface area contributed by atoms with Crippen LogP contribution in [0.15, 0.2) is 89.5 Å². The van der Waals surface area contributed by atoms with Crippen LogP contribution in [0.2, 0.25) is 0 Å². The maximum Gasteiger partial charge on any atom is 0.309 e. The highest BCUT2D eigenvalue weighted by Gasteiger charge is 2.36. The molecule has 174 valence electrons. The van der Waals surface area contributed by atoms with E-state index in [0.717, 1.165) is 63.0 Å². The maximum atomic E-state index is 12.0. The topological polar surface area (TPSA) is 55.4 Å². The Morgan fingerprint density at radius 2 is 1.57 bits per heavy atom. The van der Waals surface area contributed by atoms with E-state index in [0.29, 0.717) is 0 Å². The number of furan rings is 1. The van der Waals surface area contributed by atoms with Gasteiger partial charge in [0.25, 0.3) is 0 Å². The summed E-state index contributed by atoms with van der Waals surface area (Å²) in [5.41, 5.74) is 9.66. The van der Waals surface area contributed by atoms with Gasteiger partial charge in [0.15, 0.2) is 0 Å². The summed E-state index contributed by atoms with van der Waals surface area (Å²) < 4.78 is 7.85. The molecule has 35 heavy (non-hydrogen) atoms. The van der Waals surface area contributed by atoms with Gasteiger partial charge in [0.1, 0.15) is 5.58 Å². The molecule has 0 fully saturated rings. The van der Waals surface area contributed by atoms with E-state index >= 15 is 0 Å². The fraction of sp³-hybridized carbons (Fsp3) is 0.194. The van der Waals surface area contributed by atoms with Crippen molar-refractivity contribution >= 4 is 16.9 Å². The minimum absolute atomic E-state index is 0.00214. The van der Waals surface area contributed by atoms with Crippen LogP contribution in [0.25, 0.3) is 44.3 Å². The third-order valence-electron chi connectivity index (χ3n) is 7.06. The van der Waals surface area contributed by atoms with Crippen molar-refractivity contribution in [3.63, 3.8) is 0 Å². The van der Waals surface area contributed by atoms with Crippen LogP contribution < -0.4 is 0 Å². The van der Waals surface area contributed by atoms with Crippen molar-refractivity contribution in [3.8, 4) is 33.4 Å². The second kappa shape index (κ2) is 8.02. The van der Waals surface area contributed by atoms with Crippen molar-refractivity contribution in [1.29, 1.82) is 0 Å². The zero-order valence-electron chi connectivity index (χ0n) is 19.9. The Bertz CT molecular complexity index is 1550. The third-order valence-corrected chi connectivity index (χ3v) is 7.06. The molecule has 6 rings (SSSR count). The highest BCUT2D eigenvalue weighted by molar-refractivity contribution is 5.91. The molecule has 0 saturated heterocycles. The first-order valence-corrected chi connectivity index (χ1v) is 12.0. The number of carbonyl (C=O) groups is 1. The molecule has 0 saturated carbocycles. The van der Waals surface area contributed by atoms with Crippen LogP contribution in [-0.4, -0.2) is 15.6 Å². The molecule has 4 heteroatoms. The first kappa shape index (κ1) is 21.5. The van der Waals surface area contributed by atoms with E-state index in [1.54, 1.807) is 6.26 Å². The van der Waals surface area contributed by atoms with Gasteiger partial charge < -0.3 is 14.1 Å². The molecule has 0 atom stereocenters. The quantitative estimate of drug-likeness (QED) is 0.296. The number of hydrogen-bond donors (Lipinski definition) is 1. The first-order chi connectivity index (χ1) is 16.9. The molecule has 3 heterocycles. The van der Waals surface area contributed by atoms with Crippen LogP contribution in [0.3, 0.4) is 0 Å². The van der Waals surface area contributed by atoms with Gasteiger partial charge in [0.05, 0.1) is 12.7 Å². The number of nitrogens with zero attached hydrogens (tertiary/aromatic N) is 1. The standard InChI is InChI=1S/C31H27NO3/c1-31(2)18-26-30(22-6-4-3-5-7-22)29(25(17-28(33)34)32(26)19-31)23-11-8-20(9-12-23)24-13-10-21-14-15-35-27(21)16-24/h3-16H,17-19H2,1-2H3,(H,33,34). The number of benzene rings is 3. The minimum atomic E-state index is -0.806. The largest absolute Gasteiger partial charge is 0.481 e. The number of carboxylic acid groups (broad SMARTS) is 1. The summed E-state index contributed by atoms with van der Waals surface area (Å²) in [6, 6.07) is 27.0. The molecule has 0 aliphatic carbocycles. The van der Waals surface area contributed by atoms with Gasteiger partial charge in [-0.1, -0.05) is 80.6 Å². The summed E-state index contributed by atoms with van der Waals surface area (Å²) in [5, 5.41) is 10.9. The lowest BCUT2D eigenvalue weighted by Crippen LogP contribution is -2.15. The average molecular weight is 462 g/mol. The van der Waals surface area contributed by atoms with Crippen LogP contribution in [0.4, 0.5) is 0 Å². The smallest absolute Gasteiger partial charge is 0.309 e. The summed E-state index contributed by atoms with van der Waals surface area (Å²) in [5.74, 6) is -0.806. The number of aromatic nitrogens is 1. The second-order valence-corrected chi connectivity index (χ2v) is 10.3. The Hall–Kier alpha value is -4.05. The summed E-state index contributed by atoms with van der Waals surface area (Å²) >= 11 is 0. The number of fused-ring (bicyclic) bond motifs is 2. The normalized spacial score (nSPS) is 14.3. The van der Waals surface area contributed by atoms with Crippen molar-refractivity contribution in [2.45, 2.75) is 33.2 Å². The fourth-order valence-corrected chi connectivity index (χ4v) is 5.55. The highest BCUT2D eigenvalue weighted by atomic mass is 16.4. The molecule has 0 radical (unpaired) electrons. The van der Waals surface area contributed by atoms with Crippen LogP contribution in [0.5, 0.6) is 0 Å². The monoisotopic (exact) mass is 461 g/mol. The lowest BCUT2D eigenvalue weighted by Gasteiger charge is -2.19. The molecular weight excluding hydrogens is 434 g/mol. The molecule has 0 bridgehead atoms. The molecular formula is C31H27NO3. The van der Waals surface area contributed by atoms with E-state index in [1.807, 2.05) is 24.3 Å². The van der Waals surface area contributed by atoms with E-state index in [9.17, 15) is 9.90 Å². The molecule has 5 aromatic rings. The number of aliphatic carboxylic acids is 1. The Morgan fingerprint density at radius 3 is 2.31 bits per heavy atom. The van der Waals surface area contributed by atoms with Crippen LogP contribution in [0, 0.1) is 5.41 Å². The SMILES string of the molecule is CC1(C)Cc2c(-c3ccccc3)c(-c3ccc(-c4ccc5ccoc5c4)cc3)c(CC(=O)O)n2C1. The molecule has 0 spiro atoms. The van der Waals surface area contributed by atoms with Gasteiger partial charge in [0.2, 0.25) is 0 Å². The van der Waals surface area contributed by atoms with E-state index in [-0.39, 0.29) is 11.8 Å². The summed E-state index contributed by atoms with van der Waals surface area (Å²) in [6.45, 7) is 5.33. The highest BCUT2D eigenvalue weighted by Crippen LogP contribution is 2.47. The van der Waals surface area contributed by atoms with Crippen LogP contribution >= 0.6 is 0 Å². The van der Waals surface area contributed by atoms with E-state index in [4.69, 9.17) is 4.42 Å². The predicted molar refractivity (Wildman–Crippen MR) is 139 cm³/mol. The van der Waals surface area contributed by atoms with E-state index in [1.165, 1.54) is 5.69 Å². The Kier molecular flexibility index (Phi) is 4.92. The van der Waals surface area contributed by atoms with Crippen LogP contribution in [0.1, 0.15) is 25.2 Å². The lowest BCUT2D eigenvalue weighted by molar-refractivity contribution is -0.136. The van der Waals surface area contributed by atoms with Gasteiger partial charge in [-0.15, -0.1) is 0 Å². The number of hydrogen-bond acceptors (Lipinski definition) is 2. The zero-order chi connectivity index (χ0) is 24.2. The van der Waals surface area contributed by atoms with Gasteiger partial charge >= 0.3 is 5.97 Å². The fourth-order valence-electron chi connectivity index (χ4n) is 5.55. The zero-order valence-corrected chi connectivity index (χ0v) is 19.9. The Morgan fingerprint density at radius 1 is 0.886 bits per heavy atom. The van der Waals surface area contributed by atoms with Crippen molar-refractivity contribution in [2.24, 2.45) is 5.41 Å². The minimum Gasteiger partial charge on any atom is -0.481 e. The van der Waals surface area contributed by atoms with Gasteiger partial charge in [-0.2, -0.15) is 0 Å². The van der Waals surface area contributed by atoms with Crippen molar-refractivity contribution < 1.29 is 14.3 Å². The summed E-state index contributed by atoms with van der Waals surface area (Å²) in [6.07, 6.45) is 2.63. The van der Waals surface area contributed by atoms with Crippen LogP contribution in [-0.2, 0) is 24.2 Å². The molecule has 0 unspecified atom stereocenters. The molecule has 0 amide bonds. The number of rotatable bonds is 5. The van der Waals surface area contributed by atoms with Gasteiger partial charge in [-0.3, -0.25) is 4.79 Å². The maximum absolute atomic E-state index is 12.0. The third kappa shape index (κ3) is 3.75. The van der Waals surface area contributed by atoms with Gasteiger partial charge in [-0.25, -0.2) is 0 Å². The molecule has 1 N–H and O–H groups in total. The van der Waals surface area contributed by atoms with Crippen molar-refractivity contribution in [1.82, 2.24) is 4.57 Å². The average Bonchev–Trinajstić information content (AvgIpc) is 3.51. The number of carboxylic acids is 1. The summed E-state index contributed by atoms with van der Waals surface area (Å²) in [4.78, 5) is 12.0. The van der Waals surface area contributed by atoms with E-state index < -0.39 is 5.97 Å². The molecule has 2 aromatic heterocycles. The predicted octanol–water partition coefficient (Wildman–Crippen LogP) is 7.44. The van der Waals surface area contributed by atoms with Crippen molar-refractivity contribution in [3.05, 3.63) is 96.5 Å². The molecule has 1 aliphatic rings. The second-order valence-electron chi connectivity index (χ2n) is 10.3. The van der Waals surface area contributed by atoms with Crippen molar-refractivity contribution in [2.75, 3.05) is 0 Å². The molecule has 3 aromatic carbocycles. The molecule has 4 nitrogen and oxygen atoms in total. The Balaban J connectivity index is 1.52.